The minimum atomic E-state index is 0.160. The first-order valence-electron chi connectivity index (χ1n) is 9.99. The van der Waals surface area contributed by atoms with Gasteiger partial charge in [-0.05, 0) is 33.1 Å². The third-order valence-corrected chi connectivity index (χ3v) is 3.88. The quantitative estimate of drug-likeness (QED) is 0.317. The van der Waals surface area contributed by atoms with E-state index in [1.165, 1.54) is 44.9 Å². The zero-order chi connectivity index (χ0) is 19.6. The molecule has 0 aliphatic rings. The Morgan fingerprint density at radius 2 is 1.96 bits per heavy atom. The molecule has 0 aromatic carbocycles. The first kappa shape index (κ1) is 24.0. The van der Waals surface area contributed by atoms with Gasteiger partial charge in [-0.25, -0.2) is 4.68 Å². The average molecular weight is 363 g/mol. The van der Waals surface area contributed by atoms with Gasteiger partial charge in [0.15, 0.2) is 0 Å². The van der Waals surface area contributed by atoms with Gasteiger partial charge < -0.3 is 11.2 Å². The van der Waals surface area contributed by atoms with Gasteiger partial charge in [-0.2, -0.15) is 15.5 Å². The molecule has 0 saturated carbocycles. The van der Waals surface area contributed by atoms with Crippen molar-refractivity contribution >= 4 is 12.0 Å². The van der Waals surface area contributed by atoms with Gasteiger partial charge in [-0.3, -0.25) is 0 Å². The molecule has 0 aliphatic heterocycles. The van der Waals surface area contributed by atoms with Crippen LogP contribution in [0.4, 0.5) is 5.82 Å². The van der Waals surface area contributed by atoms with Crippen LogP contribution in [0, 0.1) is 18.3 Å². The molecule has 26 heavy (non-hydrogen) atoms. The summed E-state index contributed by atoms with van der Waals surface area (Å²) in [6.07, 6.45) is 12.2. The van der Waals surface area contributed by atoms with Gasteiger partial charge >= 0.3 is 0 Å². The zero-order valence-electron chi connectivity index (χ0n) is 17.2. The Bertz CT molecular complexity index is 515. The Morgan fingerprint density at radius 3 is 2.54 bits per heavy atom. The molecule has 6 nitrogen and oxygen atoms in total. The average Bonchev–Trinajstić information content (AvgIpc) is 2.93. The predicted octanol–water partition coefficient (Wildman–Crippen LogP) is 4.80. The van der Waals surface area contributed by atoms with Gasteiger partial charge in [0.05, 0.1) is 24.2 Å². The van der Waals surface area contributed by atoms with Crippen LogP contribution in [0.25, 0.3) is 0 Å². The van der Waals surface area contributed by atoms with Crippen molar-refractivity contribution in [2.45, 2.75) is 98.1 Å². The molecular formula is C20H38N6. The molecule has 0 saturated heterocycles. The van der Waals surface area contributed by atoms with Gasteiger partial charge in [0.1, 0.15) is 5.82 Å². The minimum Gasteiger partial charge on any atom is -0.384 e. The summed E-state index contributed by atoms with van der Waals surface area (Å²) in [5.74, 6) is 0.786. The largest absolute Gasteiger partial charge is 0.384 e. The molecule has 1 atom stereocenters. The molecule has 1 aromatic heterocycles. The van der Waals surface area contributed by atoms with E-state index in [4.69, 9.17) is 11.0 Å². The summed E-state index contributed by atoms with van der Waals surface area (Å²) < 4.78 is 1.89. The summed E-state index contributed by atoms with van der Waals surface area (Å²) in [6.45, 7) is 9.28. The maximum absolute atomic E-state index is 8.37. The van der Waals surface area contributed by atoms with Crippen LogP contribution in [-0.2, 0) is 6.54 Å². The van der Waals surface area contributed by atoms with Crippen LogP contribution in [-0.4, -0.2) is 22.0 Å². The number of anilines is 1. The Morgan fingerprint density at radius 1 is 1.27 bits per heavy atom. The van der Waals surface area contributed by atoms with Gasteiger partial charge in [0, 0.05) is 18.8 Å². The fourth-order valence-electron chi connectivity index (χ4n) is 2.35. The van der Waals surface area contributed by atoms with Gasteiger partial charge in [0.25, 0.3) is 0 Å². The van der Waals surface area contributed by atoms with E-state index in [0.29, 0.717) is 6.42 Å². The van der Waals surface area contributed by atoms with E-state index in [2.05, 4.69) is 35.5 Å². The number of unbranched alkanes of at least 4 members (excludes halogenated alkanes) is 6. The van der Waals surface area contributed by atoms with Crippen molar-refractivity contribution in [2.24, 2.45) is 5.10 Å². The number of nitrogens with zero attached hydrogens (tertiary/aromatic N) is 4. The lowest BCUT2D eigenvalue weighted by molar-refractivity contribution is 0.544. The van der Waals surface area contributed by atoms with Crippen molar-refractivity contribution in [2.75, 3.05) is 5.73 Å². The maximum Gasteiger partial charge on any atom is 0.121 e. The molecule has 0 spiro atoms. The van der Waals surface area contributed by atoms with Crippen molar-refractivity contribution in [1.29, 1.82) is 5.26 Å². The summed E-state index contributed by atoms with van der Waals surface area (Å²) in [6, 6.07) is 4.17. The lowest BCUT2D eigenvalue weighted by atomic mass is 10.2. The number of hydrazone groups is 1. The highest BCUT2D eigenvalue weighted by atomic mass is 15.3. The first-order chi connectivity index (χ1) is 12.5. The number of aryl methyl sites for hydroxylation is 2. The van der Waals surface area contributed by atoms with Crippen LogP contribution in [0.2, 0.25) is 0 Å². The van der Waals surface area contributed by atoms with Crippen LogP contribution < -0.4 is 11.2 Å². The molecule has 0 radical (unpaired) electrons. The van der Waals surface area contributed by atoms with Crippen molar-refractivity contribution in [3.05, 3.63) is 11.8 Å². The van der Waals surface area contributed by atoms with Gasteiger partial charge in [0.2, 0.25) is 0 Å². The summed E-state index contributed by atoms with van der Waals surface area (Å²) in [5.41, 5.74) is 9.67. The highest BCUT2D eigenvalue weighted by molar-refractivity contribution is 5.56. The van der Waals surface area contributed by atoms with Gasteiger partial charge in [-0.1, -0.05) is 46.0 Å². The molecule has 1 rings (SSSR count). The molecule has 0 aliphatic carbocycles. The number of rotatable bonds is 12. The number of nitrogens with two attached hydrogens (primary N) is 1. The molecule has 1 aromatic rings. The highest BCUT2D eigenvalue weighted by Crippen LogP contribution is 2.08. The molecular weight excluding hydrogens is 324 g/mol. The van der Waals surface area contributed by atoms with Crippen LogP contribution in [0.1, 0.15) is 84.3 Å². The number of nitrogens with one attached hydrogen (secondary N) is 1. The Hall–Kier alpha value is -2.03. The van der Waals surface area contributed by atoms with E-state index in [1.54, 1.807) is 0 Å². The number of nitrogen functional groups attached to an aromatic ring is 1. The third kappa shape index (κ3) is 13.3. The van der Waals surface area contributed by atoms with Crippen molar-refractivity contribution < 1.29 is 0 Å². The van der Waals surface area contributed by atoms with Gasteiger partial charge in [-0.15, -0.1) is 0 Å². The molecule has 0 bridgehead atoms. The number of hydrogen-bond acceptors (Lipinski definition) is 5. The summed E-state index contributed by atoms with van der Waals surface area (Å²) in [4.78, 5) is 0. The minimum absolute atomic E-state index is 0.160. The number of nitriles is 1. The smallest absolute Gasteiger partial charge is 0.121 e. The van der Waals surface area contributed by atoms with E-state index >= 15 is 0 Å². The van der Waals surface area contributed by atoms with E-state index < -0.39 is 0 Å². The third-order valence-electron chi connectivity index (χ3n) is 3.88. The van der Waals surface area contributed by atoms with Crippen molar-refractivity contribution in [3.63, 3.8) is 0 Å². The second-order valence-corrected chi connectivity index (χ2v) is 6.69. The lowest BCUT2D eigenvalue weighted by Gasteiger charge is -2.04. The molecule has 1 heterocycles. The molecule has 148 valence electrons. The fraction of sp³-hybridized carbons (Fsp3) is 0.750. The predicted molar refractivity (Wildman–Crippen MR) is 111 cm³/mol. The van der Waals surface area contributed by atoms with Crippen LogP contribution in [0.3, 0.4) is 0 Å². The maximum atomic E-state index is 8.37. The second-order valence-electron chi connectivity index (χ2n) is 6.69. The second kappa shape index (κ2) is 16.4. The molecule has 0 fully saturated rings. The molecule has 1 unspecified atom stereocenters. The van der Waals surface area contributed by atoms with Crippen LogP contribution >= 0.6 is 0 Å². The van der Waals surface area contributed by atoms with Crippen LogP contribution in [0.15, 0.2) is 11.2 Å². The summed E-state index contributed by atoms with van der Waals surface area (Å²) in [7, 11) is 0. The molecule has 0 amide bonds. The zero-order valence-corrected chi connectivity index (χ0v) is 17.2. The summed E-state index contributed by atoms with van der Waals surface area (Å²) in [5, 5.41) is 16.7. The highest BCUT2D eigenvalue weighted by Gasteiger charge is 2.00. The lowest BCUT2D eigenvalue weighted by Crippen LogP contribution is -2.19. The monoisotopic (exact) mass is 362 g/mol. The van der Waals surface area contributed by atoms with Crippen molar-refractivity contribution in [1.82, 2.24) is 15.2 Å². The van der Waals surface area contributed by atoms with E-state index in [1.807, 2.05) is 30.8 Å². The number of aromatic nitrogens is 2. The van der Waals surface area contributed by atoms with E-state index in [9.17, 15) is 0 Å². The summed E-state index contributed by atoms with van der Waals surface area (Å²) >= 11 is 0. The Kier molecular flexibility index (Phi) is 15.2. The Labute approximate surface area is 159 Å². The van der Waals surface area contributed by atoms with Crippen molar-refractivity contribution in [3.8, 4) is 6.07 Å². The Balaban J connectivity index is 0.000000481. The van der Waals surface area contributed by atoms with E-state index in [-0.39, 0.29) is 6.04 Å². The molecule has 3 N–H and O–H groups in total. The standard InChI is InChI=1S/2C10H19N3/c1-3-4-5-6-7-13-10(11)8-9(2)12-13;1-3-4-5-6-9-12-13-10(2)7-8-11/h8H,3-7,11H2,1-2H3;9-10,13H,3-7H2,1-2H3/b;12-9-. The fourth-order valence-corrected chi connectivity index (χ4v) is 2.35. The molecule has 6 heteroatoms. The topological polar surface area (TPSA) is 92.0 Å². The number of hydrogen-bond donors (Lipinski definition) is 2. The van der Waals surface area contributed by atoms with Crippen LogP contribution in [0.5, 0.6) is 0 Å². The first-order valence-corrected chi connectivity index (χ1v) is 9.99. The normalized spacial score (nSPS) is 11.7. The SMILES string of the molecule is CCCCC/C=N\NC(C)CC#N.CCCCCCn1nc(C)cc1N. The van der Waals surface area contributed by atoms with E-state index in [0.717, 1.165) is 24.5 Å².